The standard InChI is InChI=1S/C13H17NOS/c1-3-7-10(4-2)15-13-14-11-8-5-6-9-12(11)16-13/h5-6,8-10H,3-4,7H2,1-2H3. The maximum absolute atomic E-state index is 5.90. The van der Waals surface area contributed by atoms with Gasteiger partial charge in [0.05, 0.1) is 10.2 Å². The summed E-state index contributed by atoms with van der Waals surface area (Å²) < 4.78 is 7.09. The second-order valence-electron chi connectivity index (χ2n) is 3.88. The van der Waals surface area contributed by atoms with Crippen LogP contribution < -0.4 is 4.74 Å². The molecule has 1 heterocycles. The number of fused-ring (bicyclic) bond motifs is 1. The molecule has 0 spiro atoms. The van der Waals surface area contributed by atoms with E-state index in [0.717, 1.165) is 30.0 Å². The Labute approximate surface area is 100 Å². The molecule has 2 rings (SSSR count). The van der Waals surface area contributed by atoms with Crippen LogP contribution in [0.5, 0.6) is 5.19 Å². The summed E-state index contributed by atoms with van der Waals surface area (Å²) in [6.07, 6.45) is 3.62. The third-order valence-electron chi connectivity index (χ3n) is 2.61. The van der Waals surface area contributed by atoms with Gasteiger partial charge in [0.1, 0.15) is 6.10 Å². The van der Waals surface area contributed by atoms with Crippen LogP contribution in [0.3, 0.4) is 0 Å². The molecule has 0 bridgehead atoms. The van der Waals surface area contributed by atoms with Crippen molar-refractivity contribution in [2.75, 3.05) is 0 Å². The Bertz CT molecular complexity index is 419. The Morgan fingerprint density at radius 3 is 2.81 bits per heavy atom. The molecule has 0 aliphatic carbocycles. The van der Waals surface area contributed by atoms with E-state index < -0.39 is 0 Å². The molecule has 1 aromatic heterocycles. The van der Waals surface area contributed by atoms with E-state index in [0.29, 0.717) is 6.10 Å². The highest BCUT2D eigenvalue weighted by Crippen LogP contribution is 2.28. The summed E-state index contributed by atoms with van der Waals surface area (Å²) in [5.74, 6) is 0. The molecule has 1 atom stereocenters. The summed E-state index contributed by atoms with van der Waals surface area (Å²) in [7, 11) is 0. The lowest BCUT2D eigenvalue weighted by atomic mass is 10.2. The SMILES string of the molecule is CCCC(CC)Oc1nc2ccccc2s1. The minimum Gasteiger partial charge on any atom is -0.467 e. The average Bonchev–Trinajstić information content (AvgIpc) is 2.70. The van der Waals surface area contributed by atoms with Crippen molar-refractivity contribution in [1.29, 1.82) is 0 Å². The second kappa shape index (κ2) is 5.30. The third-order valence-corrected chi connectivity index (χ3v) is 3.54. The van der Waals surface area contributed by atoms with Gasteiger partial charge < -0.3 is 4.74 Å². The Kier molecular flexibility index (Phi) is 3.78. The summed E-state index contributed by atoms with van der Waals surface area (Å²) in [6.45, 7) is 4.35. The molecule has 0 aliphatic rings. The molecule has 0 radical (unpaired) electrons. The molecule has 0 saturated carbocycles. The fraction of sp³-hybridized carbons (Fsp3) is 0.462. The third kappa shape index (κ3) is 2.53. The summed E-state index contributed by atoms with van der Waals surface area (Å²) in [5, 5.41) is 0.807. The zero-order valence-corrected chi connectivity index (χ0v) is 10.6. The fourth-order valence-corrected chi connectivity index (χ4v) is 2.59. The zero-order valence-electron chi connectivity index (χ0n) is 9.77. The van der Waals surface area contributed by atoms with Crippen molar-refractivity contribution in [2.24, 2.45) is 0 Å². The Morgan fingerprint density at radius 1 is 1.31 bits per heavy atom. The largest absolute Gasteiger partial charge is 0.467 e. The van der Waals surface area contributed by atoms with Crippen LogP contribution in [-0.2, 0) is 0 Å². The van der Waals surface area contributed by atoms with Crippen molar-refractivity contribution in [3.63, 3.8) is 0 Å². The highest BCUT2D eigenvalue weighted by Gasteiger charge is 2.10. The molecule has 0 amide bonds. The number of ether oxygens (including phenoxy) is 1. The molecule has 0 aliphatic heterocycles. The highest BCUT2D eigenvalue weighted by molar-refractivity contribution is 7.20. The molecular weight excluding hydrogens is 218 g/mol. The lowest BCUT2D eigenvalue weighted by Gasteiger charge is -2.13. The van der Waals surface area contributed by atoms with Gasteiger partial charge >= 0.3 is 0 Å². The van der Waals surface area contributed by atoms with Crippen LogP contribution in [0.15, 0.2) is 24.3 Å². The normalized spacial score (nSPS) is 12.9. The zero-order chi connectivity index (χ0) is 11.4. The van der Waals surface area contributed by atoms with E-state index in [-0.39, 0.29) is 0 Å². The summed E-state index contributed by atoms with van der Waals surface area (Å²) in [5.41, 5.74) is 1.04. The molecule has 3 heteroatoms. The maximum Gasteiger partial charge on any atom is 0.274 e. The van der Waals surface area contributed by atoms with E-state index in [1.54, 1.807) is 11.3 Å². The summed E-state index contributed by atoms with van der Waals surface area (Å²) in [4.78, 5) is 4.48. The van der Waals surface area contributed by atoms with E-state index in [9.17, 15) is 0 Å². The molecule has 1 unspecified atom stereocenters. The average molecular weight is 235 g/mol. The maximum atomic E-state index is 5.90. The predicted molar refractivity (Wildman–Crippen MR) is 69.2 cm³/mol. The number of thiazole rings is 1. The molecule has 0 fully saturated rings. The number of hydrogen-bond donors (Lipinski definition) is 0. The van der Waals surface area contributed by atoms with Gasteiger partial charge in [0.25, 0.3) is 5.19 Å². The van der Waals surface area contributed by atoms with Gasteiger partial charge in [-0.3, -0.25) is 0 Å². The Morgan fingerprint density at radius 2 is 2.12 bits per heavy atom. The second-order valence-corrected chi connectivity index (χ2v) is 4.88. The summed E-state index contributed by atoms with van der Waals surface area (Å²) in [6, 6.07) is 8.16. The van der Waals surface area contributed by atoms with Crippen LogP contribution in [0.4, 0.5) is 0 Å². The lowest BCUT2D eigenvalue weighted by molar-refractivity contribution is 0.185. The van der Waals surface area contributed by atoms with Crippen molar-refractivity contribution >= 4 is 21.6 Å². The van der Waals surface area contributed by atoms with Crippen LogP contribution in [0, 0.1) is 0 Å². The molecule has 2 aromatic rings. The van der Waals surface area contributed by atoms with E-state index in [2.05, 4.69) is 24.9 Å². The number of rotatable bonds is 5. The number of aromatic nitrogens is 1. The number of para-hydroxylation sites is 1. The van der Waals surface area contributed by atoms with Crippen LogP contribution >= 0.6 is 11.3 Å². The van der Waals surface area contributed by atoms with Gasteiger partial charge in [-0.25, -0.2) is 4.98 Å². The van der Waals surface area contributed by atoms with Crippen molar-refractivity contribution in [1.82, 2.24) is 4.98 Å². The first kappa shape index (κ1) is 11.4. The predicted octanol–water partition coefficient (Wildman–Crippen LogP) is 4.25. The van der Waals surface area contributed by atoms with E-state index in [1.807, 2.05) is 18.2 Å². The minimum atomic E-state index is 0.311. The number of hydrogen-bond acceptors (Lipinski definition) is 3. The number of nitrogens with zero attached hydrogens (tertiary/aromatic N) is 1. The molecule has 16 heavy (non-hydrogen) atoms. The molecule has 0 N–H and O–H groups in total. The van der Waals surface area contributed by atoms with E-state index in [4.69, 9.17) is 4.74 Å². The molecule has 0 saturated heterocycles. The molecule has 86 valence electrons. The van der Waals surface area contributed by atoms with Gasteiger partial charge in [0, 0.05) is 0 Å². The van der Waals surface area contributed by atoms with Gasteiger partial charge in [-0.05, 0) is 25.0 Å². The van der Waals surface area contributed by atoms with Crippen molar-refractivity contribution < 1.29 is 4.74 Å². The quantitative estimate of drug-likeness (QED) is 0.772. The van der Waals surface area contributed by atoms with E-state index in [1.165, 1.54) is 4.70 Å². The summed E-state index contributed by atoms with van der Waals surface area (Å²) >= 11 is 1.63. The Balaban J connectivity index is 2.14. The van der Waals surface area contributed by atoms with Crippen molar-refractivity contribution in [2.45, 2.75) is 39.2 Å². The van der Waals surface area contributed by atoms with Gasteiger partial charge in [-0.1, -0.05) is 43.7 Å². The molecule has 2 nitrogen and oxygen atoms in total. The molecular formula is C13H17NOS. The first-order valence-electron chi connectivity index (χ1n) is 5.85. The van der Waals surface area contributed by atoms with Crippen LogP contribution in [0.1, 0.15) is 33.1 Å². The van der Waals surface area contributed by atoms with E-state index >= 15 is 0 Å². The lowest BCUT2D eigenvalue weighted by Crippen LogP contribution is -2.14. The van der Waals surface area contributed by atoms with Gasteiger partial charge in [-0.2, -0.15) is 0 Å². The van der Waals surface area contributed by atoms with Gasteiger partial charge in [0.2, 0.25) is 0 Å². The first-order chi connectivity index (χ1) is 7.83. The topological polar surface area (TPSA) is 22.1 Å². The van der Waals surface area contributed by atoms with Crippen LogP contribution in [0.2, 0.25) is 0 Å². The highest BCUT2D eigenvalue weighted by atomic mass is 32.1. The Hall–Kier alpha value is -1.09. The van der Waals surface area contributed by atoms with Gasteiger partial charge in [-0.15, -0.1) is 0 Å². The van der Waals surface area contributed by atoms with Crippen molar-refractivity contribution in [3.8, 4) is 5.19 Å². The fourth-order valence-electron chi connectivity index (χ4n) is 1.71. The van der Waals surface area contributed by atoms with Crippen molar-refractivity contribution in [3.05, 3.63) is 24.3 Å². The first-order valence-corrected chi connectivity index (χ1v) is 6.67. The van der Waals surface area contributed by atoms with Gasteiger partial charge in [0.15, 0.2) is 0 Å². The molecule has 1 aromatic carbocycles. The number of benzene rings is 1. The smallest absolute Gasteiger partial charge is 0.274 e. The monoisotopic (exact) mass is 235 g/mol. The van der Waals surface area contributed by atoms with Crippen LogP contribution in [-0.4, -0.2) is 11.1 Å². The van der Waals surface area contributed by atoms with Crippen LogP contribution in [0.25, 0.3) is 10.2 Å². The minimum absolute atomic E-state index is 0.311.